The lowest BCUT2D eigenvalue weighted by atomic mass is 10.0. The number of hydrogen-bond donors (Lipinski definition) is 0. The van der Waals surface area contributed by atoms with Gasteiger partial charge in [-0.3, -0.25) is 14.4 Å². The summed E-state index contributed by atoms with van der Waals surface area (Å²) in [6.07, 6.45) is 48.7. The van der Waals surface area contributed by atoms with Gasteiger partial charge in [-0.2, -0.15) is 0 Å². The highest BCUT2D eigenvalue weighted by atomic mass is 16.6. The van der Waals surface area contributed by atoms with Crippen molar-refractivity contribution in [3.63, 3.8) is 0 Å². The molecule has 0 N–H and O–H groups in total. The van der Waals surface area contributed by atoms with E-state index in [9.17, 15) is 14.4 Å². The Labute approximate surface area is 341 Å². The van der Waals surface area contributed by atoms with Gasteiger partial charge in [0.25, 0.3) is 0 Å². The number of esters is 3. The van der Waals surface area contributed by atoms with Crippen molar-refractivity contribution in [2.45, 2.75) is 258 Å². The van der Waals surface area contributed by atoms with E-state index in [1.54, 1.807) is 0 Å². The molecule has 0 aromatic heterocycles. The monoisotopic (exact) mass is 775 g/mol. The van der Waals surface area contributed by atoms with Gasteiger partial charge in [-0.05, 0) is 64.2 Å². The Morgan fingerprint density at radius 2 is 0.618 bits per heavy atom. The van der Waals surface area contributed by atoms with Gasteiger partial charge >= 0.3 is 17.9 Å². The van der Waals surface area contributed by atoms with Crippen molar-refractivity contribution in [1.82, 2.24) is 0 Å². The van der Waals surface area contributed by atoms with Crippen LogP contribution in [0.15, 0.2) is 24.3 Å². The predicted molar refractivity (Wildman–Crippen MR) is 233 cm³/mol. The molecule has 0 aliphatic rings. The van der Waals surface area contributed by atoms with Gasteiger partial charge in [0.1, 0.15) is 13.2 Å². The van der Waals surface area contributed by atoms with E-state index in [2.05, 4.69) is 45.1 Å². The van der Waals surface area contributed by atoms with E-state index in [1.807, 2.05) is 0 Å². The number of rotatable bonds is 43. The molecule has 0 amide bonds. The molecule has 0 saturated heterocycles. The SMILES string of the molecule is CCCC/C=C\CCCCCCC(=O)OCC(COC(=O)CCCCCCCCCCCCCCCCC)OC(=O)CCCCCCC/C=C\CCCCC. The highest BCUT2D eigenvalue weighted by Gasteiger charge is 2.19. The minimum atomic E-state index is -0.773. The molecule has 0 aliphatic carbocycles. The van der Waals surface area contributed by atoms with Crippen LogP contribution in [-0.2, 0) is 28.6 Å². The zero-order chi connectivity index (χ0) is 40.1. The summed E-state index contributed by atoms with van der Waals surface area (Å²) >= 11 is 0. The van der Waals surface area contributed by atoms with Gasteiger partial charge < -0.3 is 14.2 Å². The molecule has 0 aromatic rings. The van der Waals surface area contributed by atoms with Gasteiger partial charge in [0, 0.05) is 19.3 Å². The number of allylic oxidation sites excluding steroid dienone is 4. The van der Waals surface area contributed by atoms with E-state index in [1.165, 1.54) is 128 Å². The fourth-order valence-electron chi connectivity index (χ4n) is 6.77. The zero-order valence-electron chi connectivity index (χ0n) is 36.7. The Bertz CT molecular complexity index is 896. The van der Waals surface area contributed by atoms with Crippen molar-refractivity contribution in [3.8, 4) is 0 Å². The highest BCUT2D eigenvalue weighted by Crippen LogP contribution is 2.15. The topological polar surface area (TPSA) is 78.9 Å². The molecule has 0 fully saturated rings. The number of hydrogen-bond acceptors (Lipinski definition) is 6. The molecule has 1 atom stereocenters. The van der Waals surface area contributed by atoms with E-state index < -0.39 is 6.10 Å². The summed E-state index contributed by atoms with van der Waals surface area (Å²) in [5, 5.41) is 0. The van der Waals surface area contributed by atoms with Gasteiger partial charge in [0.05, 0.1) is 0 Å². The maximum Gasteiger partial charge on any atom is 0.306 e. The molecule has 0 bridgehead atoms. The Hall–Kier alpha value is -2.11. The Kier molecular flexibility index (Phi) is 42.9. The minimum Gasteiger partial charge on any atom is -0.462 e. The standard InChI is InChI=1S/C49H90O6/c1-4-7-10-13-16-19-22-24-25-26-28-30-33-36-39-42-48(51)54-45-46(44-53-47(50)41-38-35-32-29-21-18-15-12-9-6-3)55-49(52)43-40-37-34-31-27-23-20-17-14-11-8-5-2/h15,17-18,20,46H,4-14,16,19,21-45H2,1-3H3/b18-15-,20-17-. The molecule has 55 heavy (non-hydrogen) atoms. The largest absolute Gasteiger partial charge is 0.462 e. The van der Waals surface area contributed by atoms with Crippen molar-refractivity contribution in [2.75, 3.05) is 13.2 Å². The molecule has 0 radical (unpaired) electrons. The summed E-state index contributed by atoms with van der Waals surface area (Å²) in [6, 6.07) is 0. The molecule has 0 aliphatic heterocycles. The van der Waals surface area contributed by atoms with Crippen LogP contribution in [0.5, 0.6) is 0 Å². The first-order chi connectivity index (χ1) is 27.0. The molecule has 0 rings (SSSR count). The summed E-state index contributed by atoms with van der Waals surface area (Å²) in [4.78, 5) is 37.7. The first-order valence-corrected chi connectivity index (χ1v) is 23.8. The first kappa shape index (κ1) is 52.9. The maximum absolute atomic E-state index is 12.7. The van der Waals surface area contributed by atoms with Crippen LogP contribution in [0.2, 0.25) is 0 Å². The molecular formula is C49H90O6. The fourth-order valence-corrected chi connectivity index (χ4v) is 6.77. The molecule has 6 nitrogen and oxygen atoms in total. The molecule has 6 heteroatoms. The minimum absolute atomic E-state index is 0.0751. The van der Waals surface area contributed by atoms with E-state index in [0.717, 1.165) is 83.5 Å². The summed E-state index contributed by atoms with van der Waals surface area (Å²) in [7, 11) is 0. The second kappa shape index (κ2) is 44.6. The smallest absolute Gasteiger partial charge is 0.306 e. The van der Waals surface area contributed by atoms with Gasteiger partial charge in [-0.1, -0.05) is 193 Å². The molecule has 322 valence electrons. The second-order valence-corrected chi connectivity index (χ2v) is 16.0. The molecule has 1 unspecified atom stereocenters. The van der Waals surface area contributed by atoms with E-state index in [4.69, 9.17) is 14.2 Å². The lowest BCUT2D eigenvalue weighted by Crippen LogP contribution is -2.30. The lowest BCUT2D eigenvalue weighted by Gasteiger charge is -2.18. The highest BCUT2D eigenvalue weighted by molar-refractivity contribution is 5.71. The third-order valence-electron chi connectivity index (χ3n) is 10.4. The van der Waals surface area contributed by atoms with Crippen molar-refractivity contribution >= 4 is 17.9 Å². The number of carbonyl (C=O) groups is 3. The lowest BCUT2D eigenvalue weighted by molar-refractivity contribution is -0.167. The van der Waals surface area contributed by atoms with Crippen molar-refractivity contribution in [3.05, 3.63) is 24.3 Å². The van der Waals surface area contributed by atoms with E-state index >= 15 is 0 Å². The second-order valence-electron chi connectivity index (χ2n) is 16.0. The normalized spacial score (nSPS) is 12.1. The van der Waals surface area contributed by atoms with Crippen molar-refractivity contribution in [1.29, 1.82) is 0 Å². The van der Waals surface area contributed by atoms with Crippen LogP contribution >= 0.6 is 0 Å². The third kappa shape index (κ3) is 42.9. The number of ether oxygens (including phenoxy) is 3. The first-order valence-electron chi connectivity index (χ1n) is 23.8. The van der Waals surface area contributed by atoms with Gasteiger partial charge in [0.2, 0.25) is 0 Å². The van der Waals surface area contributed by atoms with Crippen LogP contribution < -0.4 is 0 Å². The Morgan fingerprint density at radius 1 is 0.345 bits per heavy atom. The van der Waals surface area contributed by atoms with E-state index in [0.29, 0.717) is 19.3 Å². The summed E-state index contributed by atoms with van der Waals surface area (Å²) in [6.45, 7) is 6.56. The quantitative estimate of drug-likeness (QED) is 0.0266. The van der Waals surface area contributed by atoms with Crippen LogP contribution in [0.25, 0.3) is 0 Å². The number of carbonyl (C=O) groups excluding carboxylic acids is 3. The fraction of sp³-hybridized carbons (Fsp3) is 0.857. The summed E-state index contributed by atoms with van der Waals surface area (Å²) < 4.78 is 16.7. The summed E-state index contributed by atoms with van der Waals surface area (Å²) in [5.41, 5.74) is 0. The zero-order valence-corrected chi connectivity index (χ0v) is 36.7. The Balaban J connectivity index is 4.34. The van der Waals surface area contributed by atoms with Gasteiger partial charge in [-0.25, -0.2) is 0 Å². The van der Waals surface area contributed by atoms with E-state index in [-0.39, 0.29) is 31.1 Å². The average molecular weight is 775 g/mol. The maximum atomic E-state index is 12.7. The molecule has 0 saturated carbocycles. The van der Waals surface area contributed by atoms with Crippen LogP contribution in [0.3, 0.4) is 0 Å². The average Bonchev–Trinajstić information content (AvgIpc) is 3.18. The molecule has 0 heterocycles. The van der Waals surface area contributed by atoms with Crippen LogP contribution in [0.4, 0.5) is 0 Å². The third-order valence-corrected chi connectivity index (χ3v) is 10.4. The molecule has 0 aromatic carbocycles. The Morgan fingerprint density at radius 3 is 1.00 bits per heavy atom. The van der Waals surface area contributed by atoms with Crippen molar-refractivity contribution < 1.29 is 28.6 Å². The summed E-state index contributed by atoms with van der Waals surface area (Å²) in [5.74, 6) is -0.892. The number of unbranched alkanes of at least 4 members (excludes halogenated alkanes) is 28. The van der Waals surface area contributed by atoms with Crippen molar-refractivity contribution in [2.24, 2.45) is 0 Å². The van der Waals surface area contributed by atoms with Gasteiger partial charge in [0.15, 0.2) is 6.10 Å². The van der Waals surface area contributed by atoms with Crippen LogP contribution in [0, 0.1) is 0 Å². The predicted octanol–water partition coefficient (Wildman–Crippen LogP) is 15.2. The van der Waals surface area contributed by atoms with Crippen LogP contribution in [0.1, 0.15) is 252 Å². The van der Waals surface area contributed by atoms with Crippen LogP contribution in [-0.4, -0.2) is 37.2 Å². The molecular weight excluding hydrogens is 685 g/mol. The van der Waals surface area contributed by atoms with Gasteiger partial charge in [-0.15, -0.1) is 0 Å². The molecule has 0 spiro atoms.